The van der Waals surface area contributed by atoms with Crippen LogP contribution in [0.4, 0.5) is 23.7 Å². The Morgan fingerprint density at radius 2 is 1.77 bits per heavy atom. The van der Waals surface area contributed by atoms with Crippen LogP contribution in [0, 0.1) is 6.92 Å². The second-order valence-electron chi connectivity index (χ2n) is 9.81. The van der Waals surface area contributed by atoms with Crippen LogP contribution in [0.25, 0.3) is 0 Å². The van der Waals surface area contributed by atoms with Crippen LogP contribution in [0.1, 0.15) is 36.8 Å². The van der Waals surface area contributed by atoms with Crippen molar-refractivity contribution in [3.8, 4) is 11.5 Å². The smallest absolute Gasteiger partial charge is 0.490 e. The number of halogens is 4. The molecule has 0 spiro atoms. The Morgan fingerprint density at radius 1 is 1.10 bits per heavy atom. The van der Waals surface area contributed by atoms with Crippen molar-refractivity contribution in [2.45, 2.75) is 56.3 Å². The van der Waals surface area contributed by atoms with Crippen molar-refractivity contribution in [1.82, 2.24) is 10.2 Å². The topological polar surface area (TPSA) is 100 Å². The van der Waals surface area contributed by atoms with Crippen molar-refractivity contribution in [2.75, 3.05) is 33.1 Å². The zero-order chi connectivity index (χ0) is 29.0. The molecule has 0 bridgehead atoms. The lowest BCUT2D eigenvalue weighted by molar-refractivity contribution is -0.192. The average molecular weight is 572 g/mol. The minimum Gasteiger partial charge on any atom is -0.493 e. The largest absolute Gasteiger partial charge is 0.493 e. The van der Waals surface area contributed by atoms with E-state index in [-0.39, 0.29) is 17.5 Å². The second kappa shape index (κ2) is 12.3. The van der Waals surface area contributed by atoms with Crippen LogP contribution in [-0.2, 0) is 10.2 Å². The normalized spacial score (nSPS) is 22.7. The van der Waals surface area contributed by atoms with E-state index < -0.39 is 12.1 Å². The molecule has 1 saturated carbocycles. The highest BCUT2D eigenvalue weighted by molar-refractivity contribution is 6.31. The number of amides is 2. The van der Waals surface area contributed by atoms with Gasteiger partial charge in [-0.05, 0) is 81.6 Å². The maximum atomic E-state index is 12.6. The summed E-state index contributed by atoms with van der Waals surface area (Å²) in [5, 5.41) is 13.9. The third kappa shape index (κ3) is 7.07. The number of carboxylic acids is 1. The number of rotatable bonds is 5. The number of nitrogens with one attached hydrogen (secondary N) is 2. The van der Waals surface area contributed by atoms with Gasteiger partial charge in [-0.2, -0.15) is 13.2 Å². The summed E-state index contributed by atoms with van der Waals surface area (Å²) in [4.78, 5) is 24.0. The number of alkyl halides is 3. The summed E-state index contributed by atoms with van der Waals surface area (Å²) in [6.45, 7) is 2.98. The molecule has 2 fully saturated rings. The van der Waals surface area contributed by atoms with E-state index in [2.05, 4.69) is 34.7 Å². The number of likely N-dealkylation sites (tertiary alicyclic amines) is 1. The number of nitrogens with zero attached hydrogens (tertiary/aromatic N) is 1. The summed E-state index contributed by atoms with van der Waals surface area (Å²) in [5.41, 5.74) is 3.04. The van der Waals surface area contributed by atoms with Gasteiger partial charge in [0.25, 0.3) is 0 Å². The number of ether oxygens (including phenoxy) is 2. The van der Waals surface area contributed by atoms with Gasteiger partial charge in [-0.3, -0.25) is 0 Å². The second-order valence-corrected chi connectivity index (χ2v) is 10.2. The Hall–Kier alpha value is -3.18. The van der Waals surface area contributed by atoms with Crippen LogP contribution in [0.5, 0.6) is 11.5 Å². The van der Waals surface area contributed by atoms with E-state index in [1.165, 1.54) is 5.56 Å². The first-order chi connectivity index (χ1) is 18.3. The number of hydrogen-bond donors (Lipinski definition) is 3. The molecule has 0 unspecified atom stereocenters. The molecule has 1 aliphatic carbocycles. The molecule has 0 aromatic heterocycles. The van der Waals surface area contributed by atoms with E-state index in [9.17, 15) is 18.0 Å². The SMILES string of the molecule is COc1ccc([C@@]23CC[C@@H](NC(=O)Nc4ccc(C)c(Cl)c4)C[C@@H]2N(C)CC3)cc1OC.O=C(O)C(F)(F)F. The van der Waals surface area contributed by atoms with E-state index >= 15 is 0 Å². The number of fused-ring (bicyclic) bond motifs is 1. The minimum atomic E-state index is -5.08. The number of benzene rings is 2. The zero-order valence-corrected chi connectivity index (χ0v) is 22.9. The van der Waals surface area contributed by atoms with E-state index in [0.717, 1.165) is 49.3 Å². The fourth-order valence-electron chi connectivity index (χ4n) is 5.42. The maximum Gasteiger partial charge on any atom is 0.490 e. The quantitative estimate of drug-likeness (QED) is 0.431. The molecular weight excluding hydrogens is 539 g/mol. The Bertz CT molecular complexity index is 1200. The third-order valence-electron chi connectivity index (χ3n) is 7.49. The Kier molecular flexibility index (Phi) is 9.60. The Morgan fingerprint density at radius 3 is 2.36 bits per heavy atom. The number of aryl methyl sites for hydroxylation is 1. The first-order valence-corrected chi connectivity index (χ1v) is 12.7. The molecule has 3 N–H and O–H groups in total. The minimum absolute atomic E-state index is 0.0629. The molecule has 0 radical (unpaired) electrons. The maximum absolute atomic E-state index is 12.6. The lowest BCUT2D eigenvalue weighted by atomic mass is 9.65. The van der Waals surface area contributed by atoms with Gasteiger partial charge in [0.15, 0.2) is 11.5 Å². The predicted molar refractivity (Wildman–Crippen MR) is 142 cm³/mol. The standard InChI is InChI=1S/C25H32ClN3O3.C2HF3O2/c1-16-5-7-18(14-20(16)26)27-24(30)28-19-9-10-25(11-12-29(2)23(25)15-19)17-6-8-21(31-3)22(13-17)32-4;3-2(4,5)1(6)7/h5-8,13-14,19,23H,9-12,15H2,1-4H3,(H2,27,28,30);(H,6,7)/t19-,23+,25+;/m1./s1. The molecule has 8 nitrogen and oxygen atoms in total. The Labute approximate surface area is 230 Å². The summed E-state index contributed by atoms with van der Waals surface area (Å²) >= 11 is 6.19. The molecule has 1 aliphatic heterocycles. The van der Waals surface area contributed by atoms with Gasteiger partial charge >= 0.3 is 18.2 Å². The van der Waals surface area contributed by atoms with Crippen LogP contribution in [0.3, 0.4) is 0 Å². The van der Waals surface area contributed by atoms with Crippen LogP contribution in [0.2, 0.25) is 5.02 Å². The first-order valence-electron chi connectivity index (χ1n) is 12.4. The van der Waals surface area contributed by atoms with Crippen molar-refractivity contribution in [1.29, 1.82) is 0 Å². The van der Waals surface area contributed by atoms with Gasteiger partial charge in [-0.1, -0.05) is 23.7 Å². The zero-order valence-electron chi connectivity index (χ0n) is 22.2. The van der Waals surface area contributed by atoms with Crippen molar-refractivity contribution in [3.63, 3.8) is 0 Å². The van der Waals surface area contributed by atoms with Crippen molar-refractivity contribution in [3.05, 3.63) is 52.5 Å². The van der Waals surface area contributed by atoms with Crippen molar-refractivity contribution < 1.29 is 37.3 Å². The first kappa shape index (κ1) is 30.4. The lowest BCUT2D eigenvalue weighted by Crippen LogP contribution is -2.52. The van der Waals surface area contributed by atoms with Crippen LogP contribution >= 0.6 is 11.6 Å². The Balaban J connectivity index is 0.000000532. The molecule has 39 heavy (non-hydrogen) atoms. The number of hydrogen-bond acceptors (Lipinski definition) is 5. The van der Waals surface area contributed by atoms with Gasteiger partial charge in [-0.15, -0.1) is 0 Å². The number of likely N-dealkylation sites (N-methyl/N-ethyl adjacent to an activating group) is 1. The van der Waals surface area contributed by atoms with Gasteiger partial charge in [0.05, 0.1) is 14.2 Å². The lowest BCUT2D eigenvalue weighted by Gasteiger charge is -2.45. The summed E-state index contributed by atoms with van der Waals surface area (Å²) in [6.07, 6.45) is -1.13. The van der Waals surface area contributed by atoms with E-state index in [4.69, 9.17) is 31.0 Å². The molecule has 2 aliphatic rings. The number of carbonyl (C=O) groups is 2. The summed E-state index contributed by atoms with van der Waals surface area (Å²) < 4.78 is 42.7. The summed E-state index contributed by atoms with van der Waals surface area (Å²) in [6, 6.07) is 12.2. The highest BCUT2D eigenvalue weighted by atomic mass is 35.5. The van der Waals surface area contributed by atoms with Crippen molar-refractivity contribution in [2.24, 2.45) is 0 Å². The highest BCUT2D eigenvalue weighted by Gasteiger charge is 2.50. The predicted octanol–water partition coefficient (Wildman–Crippen LogP) is 5.62. The number of aliphatic carboxylic acids is 1. The molecule has 1 heterocycles. The van der Waals surface area contributed by atoms with Crippen molar-refractivity contribution >= 4 is 29.3 Å². The molecular formula is C27H33ClF3N3O5. The summed E-state index contributed by atoms with van der Waals surface area (Å²) in [7, 11) is 5.52. The van der Waals surface area contributed by atoms with Gasteiger partial charge in [0.1, 0.15) is 0 Å². The molecule has 12 heteroatoms. The monoisotopic (exact) mass is 571 g/mol. The fraction of sp³-hybridized carbons (Fsp3) is 0.481. The number of carbonyl (C=O) groups excluding carboxylic acids is 1. The molecule has 2 aromatic rings. The van der Waals surface area contributed by atoms with Crippen LogP contribution in [-0.4, -0.2) is 68.1 Å². The van der Waals surface area contributed by atoms with E-state index in [1.54, 1.807) is 20.3 Å². The van der Waals surface area contributed by atoms with Gasteiger partial charge in [0.2, 0.25) is 0 Å². The molecule has 1 saturated heterocycles. The van der Waals surface area contributed by atoms with Crippen LogP contribution < -0.4 is 20.1 Å². The average Bonchev–Trinajstić information content (AvgIpc) is 3.22. The van der Waals surface area contributed by atoms with Crippen LogP contribution in [0.15, 0.2) is 36.4 Å². The summed E-state index contributed by atoms with van der Waals surface area (Å²) in [5.74, 6) is -1.24. The fourth-order valence-corrected chi connectivity index (χ4v) is 5.60. The van der Waals surface area contributed by atoms with Gasteiger partial charge in [0, 0.05) is 28.2 Å². The van der Waals surface area contributed by atoms with Gasteiger partial charge < -0.3 is 30.1 Å². The highest BCUT2D eigenvalue weighted by Crippen LogP contribution is 2.49. The molecule has 4 rings (SSSR count). The number of methoxy groups -OCH3 is 2. The van der Waals surface area contributed by atoms with E-state index in [0.29, 0.717) is 16.8 Å². The molecule has 2 aromatic carbocycles. The molecule has 214 valence electrons. The van der Waals surface area contributed by atoms with Gasteiger partial charge in [-0.25, -0.2) is 9.59 Å². The molecule has 3 atom stereocenters. The third-order valence-corrected chi connectivity index (χ3v) is 7.90. The number of urea groups is 1. The number of anilines is 1. The van der Waals surface area contributed by atoms with E-state index in [1.807, 2.05) is 25.1 Å². The number of carboxylic acid groups (broad SMARTS) is 1. The molecule has 2 amide bonds.